The summed E-state index contributed by atoms with van der Waals surface area (Å²) in [6.45, 7) is 0.540. The second kappa shape index (κ2) is 6.46. The standard InChI is InChI=1S/C16H17N7O2/c24-7-5-22(6-8-25)16-20-14-13(17-9-18-14)15(21-16)23-10-19-11-3-1-2-4-12(11)23/h1-4,9-10,24-25H,5-8H2,(H,17,18,20,21)/p+1. The van der Waals surface area contributed by atoms with Crippen LogP contribution in [0.4, 0.5) is 5.95 Å². The molecule has 3 aromatic heterocycles. The van der Waals surface area contributed by atoms with Crippen molar-refractivity contribution in [1.82, 2.24) is 24.9 Å². The van der Waals surface area contributed by atoms with Crippen molar-refractivity contribution in [2.75, 3.05) is 31.2 Å². The van der Waals surface area contributed by atoms with Gasteiger partial charge in [0, 0.05) is 13.1 Å². The van der Waals surface area contributed by atoms with Gasteiger partial charge in [0.15, 0.2) is 17.5 Å². The van der Waals surface area contributed by atoms with Crippen LogP contribution in [0.3, 0.4) is 0 Å². The van der Waals surface area contributed by atoms with Crippen LogP contribution in [0.1, 0.15) is 0 Å². The lowest BCUT2D eigenvalue weighted by Crippen LogP contribution is -2.35. The molecule has 0 saturated heterocycles. The molecule has 4 rings (SSSR count). The molecule has 0 unspecified atom stereocenters. The Morgan fingerprint density at radius 1 is 1.04 bits per heavy atom. The Kier molecular flexibility index (Phi) is 4.00. The van der Waals surface area contributed by atoms with Crippen LogP contribution in [0.25, 0.3) is 28.0 Å². The molecule has 0 aliphatic rings. The van der Waals surface area contributed by atoms with Gasteiger partial charge in [-0.05, 0) is 12.1 Å². The number of nitrogens with one attached hydrogen (secondary N) is 2. The first-order valence-corrected chi connectivity index (χ1v) is 7.97. The molecule has 9 nitrogen and oxygen atoms in total. The highest BCUT2D eigenvalue weighted by Crippen LogP contribution is 2.18. The average molecular weight is 340 g/mol. The Balaban J connectivity index is 1.92. The molecule has 0 bridgehead atoms. The topological polar surface area (TPSA) is 118 Å². The molecule has 128 valence electrons. The molecule has 1 aromatic carbocycles. The van der Waals surface area contributed by atoms with Gasteiger partial charge in [-0.25, -0.2) is 4.98 Å². The van der Waals surface area contributed by atoms with Crippen LogP contribution in [0, 0.1) is 0 Å². The minimum absolute atomic E-state index is 0.0580. The minimum Gasteiger partial charge on any atom is -0.395 e. The maximum Gasteiger partial charge on any atom is 0.305 e. The van der Waals surface area contributed by atoms with E-state index in [1.54, 1.807) is 11.2 Å². The summed E-state index contributed by atoms with van der Waals surface area (Å²) < 4.78 is 1.93. The van der Waals surface area contributed by atoms with Crippen molar-refractivity contribution < 1.29 is 14.8 Å². The summed E-state index contributed by atoms with van der Waals surface area (Å²) in [6, 6.07) is 7.91. The highest BCUT2D eigenvalue weighted by molar-refractivity contribution is 5.79. The van der Waals surface area contributed by atoms with Gasteiger partial charge < -0.3 is 20.1 Å². The first kappa shape index (κ1) is 15.5. The molecular weight excluding hydrogens is 322 g/mol. The third-order valence-electron chi connectivity index (χ3n) is 4.02. The first-order chi connectivity index (χ1) is 12.3. The lowest BCUT2D eigenvalue weighted by molar-refractivity contribution is -0.569. The second-order valence-corrected chi connectivity index (χ2v) is 5.54. The van der Waals surface area contributed by atoms with Gasteiger partial charge in [0.05, 0.1) is 19.5 Å². The van der Waals surface area contributed by atoms with Crippen LogP contribution in [0.2, 0.25) is 0 Å². The van der Waals surface area contributed by atoms with E-state index in [0.29, 0.717) is 36.0 Å². The number of aliphatic hydroxyl groups excluding tert-OH is 2. The summed E-state index contributed by atoms with van der Waals surface area (Å²) in [5.74, 6) is 1.06. The molecular formula is C16H18N7O2+. The number of aromatic nitrogens is 6. The first-order valence-electron chi connectivity index (χ1n) is 7.97. The number of para-hydroxylation sites is 2. The van der Waals surface area contributed by atoms with E-state index < -0.39 is 0 Å². The van der Waals surface area contributed by atoms with Gasteiger partial charge in [-0.3, -0.25) is 4.98 Å². The molecule has 25 heavy (non-hydrogen) atoms. The van der Waals surface area contributed by atoms with Gasteiger partial charge in [0.2, 0.25) is 0 Å². The molecule has 0 amide bonds. The third-order valence-corrected chi connectivity index (χ3v) is 4.02. The highest BCUT2D eigenvalue weighted by atomic mass is 16.3. The van der Waals surface area contributed by atoms with E-state index in [-0.39, 0.29) is 13.2 Å². The predicted octanol–water partition coefficient (Wildman–Crippen LogP) is -0.0981. The molecule has 0 aliphatic carbocycles. The van der Waals surface area contributed by atoms with E-state index in [4.69, 9.17) is 0 Å². The quantitative estimate of drug-likeness (QED) is 0.364. The van der Waals surface area contributed by atoms with Crippen molar-refractivity contribution in [3.05, 3.63) is 36.9 Å². The second-order valence-electron chi connectivity index (χ2n) is 5.54. The van der Waals surface area contributed by atoms with Crippen LogP contribution in [-0.4, -0.2) is 61.4 Å². The van der Waals surface area contributed by atoms with Crippen LogP contribution < -0.4 is 9.47 Å². The number of nitrogens with zero attached hydrogens (tertiary/aromatic N) is 5. The highest BCUT2D eigenvalue weighted by Gasteiger charge is 2.23. The van der Waals surface area contributed by atoms with Crippen molar-refractivity contribution in [3.63, 3.8) is 0 Å². The van der Waals surface area contributed by atoms with Crippen LogP contribution in [0.5, 0.6) is 0 Å². The molecule has 0 atom stereocenters. The minimum atomic E-state index is -0.0580. The van der Waals surface area contributed by atoms with Gasteiger partial charge in [-0.2, -0.15) is 9.55 Å². The number of imidazole rings is 2. The third kappa shape index (κ3) is 2.69. The van der Waals surface area contributed by atoms with Crippen molar-refractivity contribution in [1.29, 1.82) is 0 Å². The Bertz CT molecular complexity index is 1000. The lowest BCUT2D eigenvalue weighted by Gasteiger charge is -2.18. The maximum atomic E-state index is 9.28. The largest absolute Gasteiger partial charge is 0.395 e. The van der Waals surface area contributed by atoms with Crippen LogP contribution in [-0.2, 0) is 0 Å². The van der Waals surface area contributed by atoms with Gasteiger partial charge in [0.1, 0.15) is 11.0 Å². The normalized spacial score (nSPS) is 11.4. The van der Waals surface area contributed by atoms with E-state index in [9.17, 15) is 10.2 Å². The molecule has 0 radical (unpaired) electrons. The van der Waals surface area contributed by atoms with Crippen molar-refractivity contribution in [3.8, 4) is 5.82 Å². The summed E-state index contributed by atoms with van der Waals surface area (Å²) in [6.07, 6.45) is 3.41. The van der Waals surface area contributed by atoms with E-state index in [1.807, 2.05) is 35.2 Å². The number of aromatic amines is 2. The zero-order chi connectivity index (χ0) is 17.2. The Morgan fingerprint density at radius 3 is 2.64 bits per heavy atom. The smallest absolute Gasteiger partial charge is 0.305 e. The molecule has 0 spiro atoms. The van der Waals surface area contributed by atoms with Crippen LogP contribution >= 0.6 is 0 Å². The maximum absolute atomic E-state index is 9.28. The fourth-order valence-corrected chi connectivity index (χ4v) is 2.86. The van der Waals surface area contributed by atoms with Crippen molar-refractivity contribution in [2.24, 2.45) is 0 Å². The summed E-state index contributed by atoms with van der Waals surface area (Å²) >= 11 is 0. The van der Waals surface area contributed by atoms with Gasteiger partial charge in [-0.15, -0.1) is 0 Å². The predicted molar refractivity (Wildman–Crippen MR) is 91.5 cm³/mol. The zero-order valence-corrected chi connectivity index (χ0v) is 13.4. The number of hydrogen-bond acceptors (Lipinski definition) is 6. The number of hydrogen-bond donors (Lipinski definition) is 4. The van der Waals surface area contributed by atoms with Crippen molar-refractivity contribution in [2.45, 2.75) is 0 Å². The number of H-pyrrole nitrogens is 2. The number of rotatable bonds is 6. The fraction of sp³-hybridized carbons (Fsp3) is 0.250. The van der Waals surface area contributed by atoms with Crippen molar-refractivity contribution >= 4 is 28.1 Å². The Morgan fingerprint density at radius 2 is 1.84 bits per heavy atom. The average Bonchev–Trinajstić information content (AvgIpc) is 3.27. The number of aliphatic hydroxyl groups is 2. The summed E-state index contributed by atoms with van der Waals surface area (Å²) in [5, 5.41) is 18.6. The molecule has 0 saturated carbocycles. The molecule has 4 aromatic rings. The van der Waals surface area contributed by atoms with Gasteiger partial charge >= 0.3 is 5.95 Å². The van der Waals surface area contributed by atoms with E-state index in [2.05, 4.69) is 24.9 Å². The van der Waals surface area contributed by atoms with Gasteiger partial charge in [0.25, 0.3) is 5.82 Å². The van der Waals surface area contributed by atoms with E-state index in [0.717, 1.165) is 11.0 Å². The summed E-state index contributed by atoms with van der Waals surface area (Å²) in [4.78, 5) is 21.4. The van der Waals surface area contributed by atoms with Gasteiger partial charge in [-0.1, -0.05) is 17.1 Å². The fourth-order valence-electron chi connectivity index (χ4n) is 2.86. The molecule has 9 heteroatoms. The zero-order valence-electron chi connectivity index (χ0n) is 13.4. The Labute approximate surface area is 142 Å². The number of benzene rings is 1. The monoisotopic (exact) mass is 340 g/mol. The lowest BCUT2D eigenvalue weighted by atomic mass is 10.3. The molecule has 4 N–H and O–H groups in total. The van der Waals surface area contributed by atoms with Crippen LogP contribution in [0.15, 0.2) is 36.9 Å². The van der Waals surface area contributed by atoms with E-state index >= 15 is 0 Å². The molecule has 0 fully saturated rings. The number of fused-ring (bicyclic) bond motifs is 2. The summed E-state index contributed by atoms with van der Waals surface area (Å²) in [5.41, 5.74) is 3.20. The summed E-state index contributed by atoms with van der Waals surface area (Å²) in [7, 11) is 0. The Hall–Kier alpha value is -3.04. The molecule has 0 aliphatic heterocycles. The van der Waals surface area contributed by atoms with E-state index in [1.165, 1.54) is 0 Å². The molecule has 3 heterocycles. The number of anilines is 1. The SMILES string of the molecule is OCCN(CCO)c1nc(-[n+]2c[nH]c3ccccc32)c2[nH]cnc2n1.